The van der Waals surface area contributed by atoms with Crippen molar-refractivity contribution in [1.29, 1.82) is 0 Å². The fraction of sp³-hybridized carbons (Fsp3) is 0.333. The van der Waals surface area contributed by atoms with Gasteiger partial charge in [-0.2, -0.15) is 0 Å². The maximum atomic E-state index is 13.0. The van der Waals surface area contributed by atoms with Crippen LogP contribution in [-0.2, 0) is 14.3 Å². The molecule has 36 heavy (non-hydrogen) atoms. The molecule has 0 bridgehead atoms. The number of nitrogens with one attached hydrogen (secondary N) is 2. The Morgan fingerprint density at radius 1 is 1.11 bits per heavy atom. The first kappa shape index (κ1) is 24.9. The number of aromatic nitrogens is 2. The number of amides is 1. The Labute approximate surface area is 205 Å². The van der Waals surface area contributed by atoms with Gasteiger partial charge < -0.3 is 24.5 Å². The summed E-state index contributed by atoms with van der Waals surface area (Å²) in [4.78, 5) is 35.3. The van der Waals surface area contributed by atoms with E-state index in [1.54, 1.807) is 12.1 Å². The monoisotopic (exact) mass is 497 g/mol. The van der Waals surface area contributed by atoms with Gasteiger partial charge in [-0.1, -0.05) is 11.2 Å². The number of benzene rings is 2. The Hall–Kier alpha value is -4.19. The lowest BCUT2D eigenvalue weighted by molar-refractivity contribution is -0.148. The third kappa shape index (κ3) is 6.27. The highest BCUT2D eigenvalue weighted by atomic mass is 19.1. The van der Waals surface area contributed by atoms with E-state index in [-0.39, 0.29) is 41.9 Å². The van der Waals surface area contributed by atoms with Crippen LogP contribution < -0.4 is 10.6 Å². The Balaban J connectivity index is 1.35. The molecule has 2 N–H and O–H groups in total. The summed E-state index contributed by atoms with van der Waals surface area (Å²) in [7, 11) is 1.32. The van der Waals surface area contributed by atoms with Crippen LogP contribution in [0.1, 0.15) is 47.8 Å². The highest BCUT2D eigenvalue weighted by molar-refractivity contribution is 6.02. The van der Waals surface area contributed by atoms with Crippen LogP contribution in [0.25, 0.3) is 0 Å². The molecular weight excluding hydrogens is 473 g/mol. The molecule has 188 valence electrons. The number of methoxy groups -OCH3 is 1. The van der Waals surface area contributed by atoms with Gasteiger partial charge in [0.25, 0.3) is 0 Å². The van der Waals surface area contributed by atoms with Crippen molar-refractivity contribution in [3.05, 3.63) is 64.6 Å². The van der Waals surface area contributed by atoms with Crippen LogP contribution in [0.2, 0.25) is 0 Å². The van der Waals surface area contributed by atoms with E-state index in [1.807, 2.05) is 6.07 Å². The Kier molecular flexibility index (Phi) is 7.95. The van der Waals surface area contributed by atoms with Gasteiger partial charge in [0, 0.05) is 5.69 Å². The van der Waals surface area contributed by atoms with Crippen LogP contribution in [0.4, 0.5) is 27.5 Å². The van der Waals surface area contributed by atoms with Crippen molar-refractivity contribution in [2.24, 2.45) is 5.18 Å². The zero-order valence-corrected chi connectivity index (χ0v) is 19.4. The van der Waals surface area contributed by atoms with Gasteiger partial charge in [-0.25, -0.2) is 9.18 Å². The quantitative estimate of drug-likeness (QED) is 0.314. The van der Waals surface area contributed by atoms with Crippen LogP contribution in [0.15, 0.2) is 52.1 Å². The van der Waals surface area contributed by atoms with Crippen molar-refractivity contribution in [3.63, 3.8) is 0 Å². The first-order valence-corrected chi connectivity index (χ1v) is 11.3. The summed E-state index contributed by atoms with van der Waals surface area (Å²) in [5, 5.41) is 15.8. The van der Waals surface area contributed by atoms with E-state index in [1.165, 1.54) is 31.4 Å². The molecule has 0 spiro atoms. The first-order chi connectivity index (χ1) is 17.4. The van der Waals surface area contributed by atoms with E-state index in [9.17, 15) is 18.9 Å². The lowest BCUT2D eigenvalue weighted by Crippen LogP contribution is -2.24. The molecule has 1 amide bonds. The molecule has 11 nitrogen and oxygen atoms in total. The minimum atomic E-state index is -0.712. The van der Waals surface area contributed by atoms with Crippen LogP contribution >= 0.6 is 0 Å². The number of hydrogen-bond donors (Lipinski definition) is 2. The number of carbonyl (C=O) groups is 2. The summed E-state index contributed by atoms with van der Waals surface area (Å²) in [6.45, 7) is -0.0662. The summed E-state index contributed by atoms with van der Waals surface area (Å²) in [5.41, 5.74) is 1.71. The number of halogens is 1. The smallest absolute Gasteiger partial charge is 0.331 e. The largest absolute Gasteiger partial charge is 0.467 e. The Morgan fingerprint density at radius 2 is 1.86 bits per heavy atom. The van der Waals surface area contributed by atoms with Crippen LogP contribution in [-0.4, -0.2) is 41.9 Å². The zero-order chi connectivity index (χ0) is 25.5. The molecule has 0 aliphatic heterocycles. The topological polar surface area (TPSA) is 145 Å². The Morgan fingerprint density at radius 3 is 2.56 bits per heavy atom. The summed E-state index contributed by atoms with van der Waals surface area (Å²) in [6.07, 6.45) is 3.17. The molecule has 4 rings (SSSR count). The van der Waals surface area contributed by atoms with E-state index < -0.39 is 17.7 Å². The molecule has 1 saturated carbocycles. The van der Waals surface area contributed by atoms with Gasteiger partial charge >= 0.3 is 23.8 Å². The van der Waals surface area contributed by atoms with Crippen LogP contribution in [0.3, 0.4) is 0 Å². The van der Waals surface area contributed by atoms with Gasteiger partial charge in [-0.05, 0) is 78.7 Å². The minimum Gasteiger partial charge on any atom is -0.467 e. The number of anilines is 3. The average molecular weight is 497 g/mol. The predicted molar refractivity (Wildman–Crippen MR) is 127 cm³/mol. The molecule has 1 aliphatic carbocycles. The minimum absolute atomic E-state index is 0.0144. The van der Waals surface area contributed by atoms with Crippen LogP contribution in [0, 0.1) is 10.7 Å². The second kappa shape index (κ2) is 11.5. The van der Waals surface area contributed by atoms with E-state index in [2.05, 4.69) is 30.7 Å². The molecule has 1 aromatic heterocycles. The van der Waals surface area contributed by atoms with Gasteiger partial charge in [0.15, 0.2) is 0 Å². The van der Waals surface area contributed by atoms with Gasteiger partial charge in [-0.3, -0.25) is 4.79 Å². The van der Waals surface area contributed by atoms with Crippen molar-refractivity contribution >= 4 is 35.0 Å². The number of rotatable bonds is 9. The molecule has 0 unspecified atom stereocenters. The molecule has 1 aliphatic rings. The maximum Gasteiger partial charge on any atom is 0.331 e. The van der Waals surface area contributed by atoms with Gasteiger partial charge in [0.2, 0.25) is 0 Å². The normalized spacial score (nSPS) is 17.3. The molecule has 3 aromatic rings. The Bertz CT molecular complexity index is 1220. The third-order valence-electron chi connectivity index (χ3n) is 5.89. The van der Waals surface area contributed by atoms with E-state index in [0.717, 1.165) is 31.2 Å². The second-order valence-electron chi connectivity index (χ2n) is 8.23. The van der Waals surface area contributed by atoms with Crippen LogP contribution in [0.5, 0.6) is 0 Å². The molecule has 1 heterocycles. The predicted octanol–water partition coefficient (Wildman–Crippen LogP) is 4.82. The zero-order valence-electron chi connectivity index (χ0n) is 19.4. The van der Waals surface area contributed by atoms with Crippen molar-refractivity contribution in [2.75, 3.05) is 24.4 Å². The highest BCUT2D eigenvalue weighted by Gasteiger charge is 2.25. The van der Waals surface area contributed by atoms with E-state index >= 15 is 0 Å². The molecule has 1 fully saturated rings. The molecule has 12 heteroatoms. The number of esters is 1. The van der Waals surface area contributed by atoms with E-state index in [4.69, 9.17) is 9.15 Å². The fourth-order valence-corrected chi connectivity index (χ4v) is 3.99. The van der Waals surface area contributed by atoms with Gasteiger partial charge in [0.05, 0.1) is 18.9 Å². The molecule has 0 radical (unpaired) electrons. The lowest BCUT2D eigenvalue weighted by Gasteiger charge is -2.28. The SMILES string of the molecule is COC(=O)CO[C@H]1CC[C@H](c2ccc(NC(=O)c3nnc(Nc4ccc(F)cc4)o3)c(N=O)c2)CC1. The lowest BCUT2D eigenvalue weighted by atomic mass is 9.82. The van der Waals surface area contributed by atoms with E-state index in [0.29, 0.717) is 5.69 Å². The average Bonchev–Trinajstić information content (AvgIpc) is 3.38. The van der Waals surface area contributed by atoms with Crippen molar-refractivity contribution in [1.82, 2.24) is 10.2 Å². The summed E-state index contributed by atoms with van der Waals surface area (Å²) in [6, 6.07) is 10.5. The van der Waals surface area contributed by atoms with Crippen molar-refractivity contribution in [3.8, 4) is 0 Å². The molecule has 0 atom stereocenters. The number of carbonyl (C=O) groups excluding carboxylic acids is 2. The van der Waals surface area contributed by atoms with Crippen molar-refractivity contribution < 1.29 is 27.9 Å². The maximum absolute atomic E-state index is 13.0. The molecule has 2 aromatic carbocycles. The van der Waals surface area contributed by atoms with Gasteiger partial charge in [0.1, 0.15) is 18.1 Å². The third-order valence-corrected chi connectivity index (χ3v) is 5.89. The summed E-state index contributed by atoms with van der Waals surface area (Å²) >= 11 is 0. The van der Waals surface area contributed by atoms with Crippen molar-refractivity contribution in [2.45, 2.75) is 37.7 Å². The number of nitrogens with zero attached hydrogens (tertiary/aromatic N) is 3. The standard InChI is InChI=1S/C24H24FN5O6/c1-34-21(31)13-35-18-9-2-14(3-10-18)15-4-11-19(20(12-15)30-33)27-22(32)23-28-29-24(36-23)26-17-7-5-16(25)6-8-17/h4-8,11-12,14,18H,2-3,9-10,13H2,1H3,(H,26,29)(H,27,32)/t14-,18-. The molecular formula is C24H24FN5O6. The first-order valence-electron chi connectivity index (χ1n) is 11.3. The van der Waals surface area contributed by atoms with Gasteiger partial charge in [-0.15, -0.1) is 10.0 Å². The summed E-state index contributed by atoms with van der Waals surface area (Å²) in [5.74, 6) is -1.64. The highest BCUT2D eigenvalue weighted by Crippen LogP contribution is 2.37. The second-order valence-corrected chi connectivity index (χ2v) is 8.23. The number of ether oxygens (including phenoxy) is 2. The molecule has 0 saturated heterocycles. The summed E-state index contributed by atoms with van der Waals surface area (Å²) < 4.78 is 28.5. The number of nitroso groups, excluding NO2 is 1. The number of hydrogen-bond acceptors (Lipinski definition) is 10. The fourth-order valence-electron chi connectivity index (χ4n) is 3.99.